The number of thiocarbonyl (C=S) groups is 1. The molecule has 2 rings (SSSR count). The van der Waals surface area contributed by atoms with E-state index in [1.54, 1.807) is 24.3 Å². The van der Waals surface area contributed by atoms with Crippen LogP contribution in [0.5, 0.6) is 0 Å². The van der Waals surface area contributed by atoms with Crippen LogP contribution in [0.15, 0.2) is 24.3 Å². The van der Waals surface area contributed by atoms with Crippen LogP contribution in [-0.4, -0.2) is 16.8 Å². The van der Waals surface area contributed by atoms with Crippen LogP contribution in [0.2, 0.25) is 0 Å². The number of nitrogens with two attached hydrogens (primary N) is 1. The Morgan fingerprint density at radius 2 is 1.90 bits per heavy atom. The van der Waals surface area contributed by atoms with Crippen molar-refractivity contribution in [1.82, 2.24) is 0 Å². The van der Waals surface area contributed by atoms with E-state index in [9.17, 15) is 9.59 Å². The molecule has 2 amide bonds. The summed E-state index contributed by atoms with van der Waals surface area (Å²) in [6.45, 7) is 3.88. The van der Waals surface area contributed by atoms with Crippen molar-refractivity contribution >= 4 is 34.7 Å². The van der Waals surface area contributed by atoms with Gasteiger partial charge >= 0.3 is 0 Å². The van der Waals surface area contributed by atoms with Gasteiger partial charge in [-0.2, -0.15) is 0 Å². The number of hydrogen-bond acceptors (Lipinski definition) is 3. The second-order valence-corrected chi connectivity index (χ2v) is 5.52. The Morgan fingerprint density at radius 3 is 2.40 bits per heavy atom. The summed E-state index contributed by atoms with van der Waals surface area (Å²) < 4.78 is 0. The largest absolute Gasteiger partial charge is 0.389 e. The van der Waals surface area contributed by atoms with Crippen molar-refractivity contribution in [3.8, 4) is 0 Å². The van der Waals surface area contributed by atoms with Gasteiger partial charge in [0.15, 0.2) is 0 Å². The Morgan fingerprint density at radius 1 is 1.30 bits per heavy atom. The lowest BCUT2D eigenvalue weighted by Gasteiger charge is -2.24. The van der Waals surface area contributed by atoms with E-state index < -0.39 is 5.41 Å². The average Bonchev–Trinajstić information content (AvgIpc) is 2.70. The summed E-state index contributed by atoms with van der Waals surface area (Å²) in [4.78, 5) is 26.4. The Hall–Kier alpha value is -1.75. The first kappa shape index (κ1) is 14.7. The minimum Gasteiger partial charge on any atom is -0.389 e. The van der Waals surface area contributed by atoms with Gasteiger partial charge in [0.1, 0.15) is 4.99 Å². The molecule has 2 N–H and O–H groups in total. The molecule has 20 heavy (non-hydrogen) atoms. The summed E-state index contributed by atoms with van der Waals surface area (Å²) in [6, 6.07) is 7.01. The summed E-state index contributed by atoms with van der Waals surface area (Å²) in [7, 11) is 0. The molecule has 0 radical (unpaired) electrons. The van der Waals surface area contributed by atoms with Crippen LogP contribution in [0.1, 0.15) is 38.7 Å². The molecule has 0 unspecified atom stereocenters. The number of anilines is 1. The van der Waals surface area contributed by atoms with Crippen molar-refractivity contribution in [2.45, 2.75) is 33.1 Å². The molecule has 1 aliphatic heterocycles. The van der Waals surface area contributed by atoms with Crippen molar-refractivity contribution in [2.24, 2.45) is 11.1 Å². The summed E-state index contributed by atoms with van der Waals surface area (Å²) in [5, 5.41) is 0. The smallest absolute Gasteiger partial charge is 0.240 e. The number of carbonyl (C=O) groups is 2. The highest BCUT2D eigenvalue weighted by Crippen LogP contribution is 2.41. The third kappa shape index (κ3) is 2.12. The summed E-state index contributed by atoms with van der Waals surface area (Å²) >= 11 is 5.00. The molecule has 0 bridgehead atoms. The molecule has 1 aliphatic rings. The monoisotopic (exact) mass is 290 g/mol. The van der Waals surface area contributed by atoms with Crippen LogP contribution in [0.4, 0.5) is 5.69 Å². The van der Waals surface area contributed by atoms with Crippen LogP contribution in [0.3, 0.4) is 0 Å². The number of hydrogen-bond donors (Lipinski definition) is 1. The Labute approximate surface area is 123 Å². The lowest BCUT2D eigenvalue weighted by molar-refractivity contribution is -0.126. The summed E-state index contributed by atoms with van der Waals surface area (Å²) in [5.41, 5.74) is 6.17. The SMILES string of the molecule is CCC1(CC)CC(=O)N(c2ccccc2C(N)=S)C1=O. The molecule has 106 valence electrons. The van der Waals surface area contributed by atoms with E-state index in [4.69, 9.17) is 18.0 Å². The van der Waals surface area contributed by atoms with E-state index in [1.165, 1.54) is 4.90 Å². The Bertz CT molecular complexity index is 579. The fourth-order valence-corrected chi connectivity index (χ4v) is 2.89. The van der Waals surface area contributed by atoms with Gasteiger partial charge in [-0.1, -0.05) is 38.2 Å². The molecule has 0 aliphatic carbocycles. The maximum atomic E-state index is 12.7. The fourth-order valence-electron chi connectivity index (χ4n) is 2.72. The van der Waals surface area contributed by atoms with Crippen LogP contribution >= 0.6 is 12.2 Å². The number of imide groups is 1. The first-order valence-corrected chi connectivity index (χ1v) is 7.14. The quantitative estimate of drug-likeness (QED) is 0.683. The summed E-state index contributed by atoms with van der Waals surface area (Å²) in [5.74, 6) is -0.321. The Kier molecular flexibility index (Phi) is 3.90. The molecule has 1 aromatic rings. The van der Waals surface area contributed by atoms with Gasteiger partial charge < -0.3 is 5.73 Å². The van der Waals surface area contributed by atoms with Crippen molar-refractivity contribution in [2.75, 3.05) is 4.90 Å². The second-order valence-electron chi connectivity index (χ2n) is 5.08. The lowest BCUT2D eigenvalue weighted by atomic mass is 9.81. The average molecular weight is 290 g/mol. The number of benzene rings is 1. The molecule has 0 saturated carbocycles. The zero-order chi connectivity index (χ0) is 14.9. The molecule has 5 heteroatoms. The molecule has 4 nitrogen and oxygen atoms in total. The van der Waals surface area contributed by atoms with Gasteiger partial charge in [-0.3, -0.25) is 9.59 Å². The molecule has 0 aromatic heterocycles. The summed E-state index contributed by atoms with van der Waals surface area (Å²) in [6.07, 6.45) is 1.56. The van der Waals surface area contributed by atoms with E-state index in [0.29, 0.717) is 24.1 Å². The normalized spacial score (nSPS) is 17.6. The van der Waals surface area contributed by atoms with Crippen molar-refractivity contribution in [1.29, 1.82) is 0 Å². The highest BCUT2D eigenvalue weighted by atomic mass is 32.1. The van der Waals surface area contributed by atoms with Crippen molar-refractivity contribution in [3.63, 3.8) is 0 Å². The fraction of sp³-hybridized carbons (Fsp3) is 0.400. The third-order valence-corrected chi connectivity index (χ3v) is 4.38. The number of para-hydroxylation sites is 1. The minimum absolute atomic E-state index is 0.142. The standard InChI is InChI=1S/C15H18N2O2S/c1-3-15(4-2)9-12(18)17(14(15)19)11-8-6-5-7-10(11)13(16)20/h5-8H,3-4,9H2,1-2H3,(H2,16,20). The first-order chi connectivity index (χ1) is 9.46. The van der Waals surface area contributed by atoms with Gasteiger partial charge in [0.2, 0.25) is 11.8 Å². The molecular weight excluding hydrogens is 272 g/mol. The molecule has 1 saturated heterocycles. The molecule has 1 fully saturated rings. The number of nitrogens with zero attached hydrogens (tertiary/aromatic N) is 1. The van der Waals surface area contributed by atoms with Gasteiger partial charge in [0.05, 0.1) is 11.1 Å². The minimum atomic E-state index is -0.583. The Balaban J connectivity index is 2.52. The van der Waals surface area contributed by atoms with Crippen molar-refractivity contribution < 1.29 is 9.59 Å². The van der Waals surface area contributed by atoms with E-state index in [2.05, 4.69) is 0 Å². The first-order valence-electron chi connectivity index (χ1n) is 6.73. The van der Waals surface area contributed by atoms with Crippen LogP contribution in [-0.2, 0) is 9.59 Å². The predicted octanol–water partition coefficient (Wildman–Crippen LogP) is 2.39. The predicted molar refractivity (Wildman–Crippen MR) is 82.5 cm³/mol. The highest BCUT2D eigenvalue weighted by molar-refractivity contribution is 7.80. The number of carbonyl (C=O) groups excluding carboxylic acids is 2. The van der Waals surface area contributed by atoms with E-state index >= 15 is 0 Å². The van der Waals surface area contributed by atoms with Gasteiger partial charge in [-0.05, 0) is 25.0 Å². The zero-order valence-electron chi connectivity index (χ0n) is 11.7. The second kappa shape index (κ2) is 5.32. The maximum absolute atomic E-state index is 12.7. The number of rotatable bonds is 4. The maximum Gasteiger partial charge on any atom is 0.240 e. The third-order valence-electron chi connectivity index (χ3n) is 4.16. The zero-order valence-corrected chi connectivity index (χ0v) is 12.5. The highest BCUT2D eigenvalue weighted by Gasteiger charge is 2.50. The van der Waals surface area contributed by atoms with Crippen LogP contribution in [0, 0.1) is 5.41 Å². The van der Waals surface area contributed by atoms with Gasteiger partial charge in [0.25, 0.3) is 0 Å². The molecule has 0 atom stereocenters. The lowest BCUT2D eigenvalue weighted by Crippen LogP contribution is -2.36. The van der Waals surface area contributed by atoms with Crippen LogP contribution in [0.25, 0.3) is 0 Å². The van der Waals surface area contributed by atoms with E-state index in [1.807, 2.05) is 13.8 Å². The molecule has 0 spiro atoms. The molecule has 1 heterocycles. The topological polar surface area (TPSA) is 63.4 Å². The van der Waals surface area contributed by atoms with Gasteiger partial charge in [-0.15, -0.1) is 0 Å². The van der Waals surface area contributed by atoms with Gasteiger partial charge in [0, 0.05) is 12.0 Å². The van der Waals surface area contributed by atoms with Gasteiger partial charge in [-0.25, -0.2) is 4.90 Å². The number of amides is 2. The molecular formula is C15H18N2O2S. The van der Waals surface area contributed by atoms with Crippen LogP contribution < -0.4 is 10.6 Å². The van der Waals surface area contributed by atoms with E-state index in [-0.39, 0.29) is 23.2 Å². The van der Waals surface area contributed by atoms with E-state index in [0.717, 1.165) is 0 Å². The van der Waals surface area contributed by atoms with Crippen molar-refractivity contribution in [3.05, 3.63) is 29.8 Å². The molecule has 1 aromatic carbocycles.